The zero-order valence-electron chi connectivity index (χ0n) is 17.8. The number of carbonyl (C=O) groups is 2. The first-order chi connectivity index (χ1) is 14.4. The zero-order chi connectivity index (χ0) is 23.3. The summed E-state index contributed by atoms with van der Waals surface area (Å²) in [5.74, 6) is -0.617. The molecule has 0 atom stereocenters. The number of benzene rings is 2. The molecule has 10 heteroatoms. The standard InChI is InChI=1S/C21H24ClNO7S/c1-13(2)30-20-17(22)10-15(11-19(20)28-4)21(25)29-12-18(24)14-6-8-16(9-7-14)23(3)31(5,26)27/h6-11,13H,12H2,1-5H3. The summed E-state index contributed by atoms with van der Waals surface area (Å²) in [5, 5.41) is 0.178. The molecule has 8 nitrogen and oxygen atoms in total. The fraction of sp³-hybridized carbons (Fsp3) is 0.333. The van der Waals surface area contributed by atoms with Crippen LogP contribution in [0.5, 0.6) is 11.5 Å². The number of methoxy groups -OCH3 is 1. The number of nitrogens with zero attached hydrogens (tertiary/aromatic N) is 1. The van der Waals surface area contributed by atoms with Crippen molar-refractivity contribution in [3.63, 3.8) is 0 Å². The van der Waals surface area contributed by atoms with E-state index in [4.69, 9.17) is 25.8 Å². The first-order valence-electron chi connectivity index (χ1n) is 9.22. The van der Waals surface area contributed by atoms with Gasteiger partial charge in [0, 0.05) is 12.6 Å². The van der Waals surface area contributed by atoms with E-state index in [0.717, 1.165) is 10.6 Å². The van der Waals surface area contributed by atoms with Crippen LogP contribution < -0.4 is 13.8 Å². The summed E-state index contributed by atoms with van der Waals surface area (Å²) in [6, 6.07) is 8.72. The van der Waals surface area contributed by atoms with Crippen LogP contribution in [-0.2, 0) is 14.8 Å². The molecule has 0 spiro atoms. The average Bonchev–Trinajstić information content (AvgIpc) is 2.71. The molecule has 0 bridgehead atoms. The van der Waals surface area contributed by atoms with Gasteiger partial charge < -0.3 is 14.2 Å². The van der Waals surface area contributed by atoms with Gasteiger partial charge in [0.2, 0.25) is 10.0 Å². The molecule has 2 rings (SSSR count). The van der Waals surface area contributed by atoms with Crippen LogP contribution in [0.2, 0.25) is 5.02 Å². The summed E-state index contributed by atoms with van der Waals surface area (Å²) in [6.45, 7) is 3.16. The molecule has 0 saturated heterocycles. The van der Waals surface area contributed by atoms with Crippen molar-refractivity contribution in [2.75, 3.05) is 31.3 Å². The van der Waals surface area contributed by atoms with Gasteiger partial charge in [0.25, 0.3) is 0 Å². The van der Waals surface area contributed by atoms with E-state index in [1.54, 1.807) is 0 Å². The Morgan fingerprint density at radius 2 is 1.71 bits per heavy atom. The highest BCUT2D eigenvalue weighted by molar-refractivity contribution is 7.92. The van der Waals surface area contributed by atoms with Gasteiger partial charge in [-0.1, -0.05) is 11.6 Å². The number of Topliss-reactive ketones (excluding diaryl/α,β-unsaturated/α-hetero) is 1. The fourth-order valence-electron chi connectivity index (χ4n) is 2.53. The normalized spacial score (nSPS) is 11.2. The van der Waals surface area contributed by atoms with Gasteiger partial charge >= 0.3 is 5.97 Å². The third-order valence-electron chi connectivity index (χ3n) is 4.20. The Labute approximate surface area is 186 Å². The largest absolute Gasteiger partial charge is 0.493 e. The summed E-state index contributed by atoms with van der Waals surface area (Å²) < 4.78 is 40.2. The lowest BCUT2D eigenvalue weighted by Gasteiger charge is -2.16. The molecular weight excluding hydrogens is 446 g/mol. The molecule has 2 aromatic carbocycles. The second kappa shape index (κ2) is 10.0. The Balaban J connectivity index is 2.08. The third kappa shape index (κ3) is 6.35. The van der Waals surface area contributed by atoms with Crippen LogP contribution in [0.15, 0.2) is 36.4 Å². The zero-order valence-corrected chi connectivity index (χ0v) is 19.4. The Morgan fingerprint density at radius 1 is 1.10 bits per heavy atom. The summed E-state index contributed by atoms with van der Waals surface area (Å²) in [5.41, 5.74) is 0.784. The number of ketones is 1. The van der Waals surface area contributed by atoms with Crippen molar-refractivity contribution in [3.05, 3.63) is 52.5 Å². The minimum absolute atomic E-state index is 0.107. The lowest BCUT2D eigenvalue weighted by atomic mass is 10.1. The van der Waals surface area contributed by atoms with E-state index < -0.39 is 28.4 Å². The molecule has 0 aliphatic rings. The first kappa shape index (κ1) is 24.5. The second-order valence-electron chi connectivity index (χ2n) is 6.93. The maximum atomic E-state index is 12.4. The van der Waals surface area contributed by atoms with E-state index in [2.05, 4.69) is 0 Å². The highest BCUT2D eigenvalue weighted by Gasteiger charge is 2.19. The lowest BCUT2D eigenvalue weighted by Crippen LogP contribution is -2.24. The highest BCUT2D eigenvalue weighted by Crippen LogP contribution is 2.37. The number of hydrogen-bond acceptors (Lipinski definition) is 7. The first-order valence-corrected chi connectivity index (χ1v) is 11.4. The molecule has 0 radical (unpaired) electrons. The summed E-state index contributed by atoms with van der Waals surface area (Å²) in [4.78, 5) is 24.7. The van der Waals surface area contributed by atoms with Crippen molar-refractivity contribution >= 4 is 39.1 Å². The SMILES string of the molecule is COc1cc(C(=O)OCC(=O)c2ccc(N(C)S(C)(=O)=O)cc2)cc(Cl)c1OC(C)C. The van der Waals surface area contributed by atoms with Gasteiger partial charge in [0.15, 0.2) is 23.9 Å². The molecule has 0 aliphatic carbocycles. The summed E-state index contributed by atoms with van der Waals surface area (Å²) in [6.07, 6.45) is 0.930. The Morgan fingerprint density at radius 3 is 2.23 bits per heavy atom. The van der Waals surface area contributed by atoms with Crippen LogP contribution >= 0.6 is 11.6 Å². The van der Waals surface area contributed by atoms with E-state index in [-0.39, 0.29) is 28.0 Å². The number of ether oxygens (including phenoxy) is 3. The fourth-order valence-corrected chi connectivity index (χ4v) is 3.29. The van der Waals surface area contributed by atoms with Gasteiger partial charge in [-0.15, -0.1) is 0 Å². The number of rotatable bonds is 9. The van der Waals surface area contributed by atoms with Crippen LogP contribution in [0.25, 0.3) is 0 Å². The third-order valence-corrected chi connectivity index (χ3v) is 5.69. The van der Waals surface area contributed by atoms with E-state index in [1.165, 1.54) is 50.6 Å². The van der Waals surface area contributed by atoms with E-state index in [1.807, 2.05) is 13.8 Å². The Bertz CT molecular complexity index is 1070. The Kier molecular flexibility index (Phi) is 7.91. The van der Waals surface area contributed by atoms with Crippen LogP contribution in [0.3, 0.4) is 0 Å². The maximum Gasteiger partial charge on any atom is 0.338 e. The van der Waals surface area contributed by atoms with Gasteiger partial charge in [-0.05, 0) is 50.2 Å². The van der Waals surface area contributed by atoms with Crippen molar-refractivity contribution < 1.29 is 32.2 Å². The molecule has 0 saturated carbocycles. The predicted octanol–water partition coefficient (Wildman–Crippen LogP) is 3.57. The van der Waals surface area contributed by atoms with Gasteiger partial charge in [0.05, 0.1) is 35.7 Å². The lowest BCUT2D eigenvalue weighted by molar-refractivity contribution is 0.0474. The van der Waals surface area contributed by atoms with Gasteiger partial charge in [-0.3, -0.25) is 9.10 Å². The Hall–Kier alpha value is -2.78. The number of halogens is 1. The monoisotopic (exact) mass is 469 g/mol. The summed E-state index contributed by atoms with van der Waals surface area (Å²) >= 11 is 6.21. The number of hydrogen-bond donors (Lipinski definition) is 0. The van der Waals surface area contributed by atoms with Crippen molar-refractivity contribution in [1.82, 2.24) is 0 Å². The second-order valence-corrected chi connectivity index (χ2v) is 9.35. The van der Waals surface area contributed by atoms with E-state index in [9.17, 15) is 18.0 Å². The van der Waals surface area contributed by atoms with Crippen LogP contribution in [0.4, 0.5) is 5.69 Å². The molecule has 0 heterocycles. The number of esters is 1. The van der Waals surface area contributed by atoms with Crippen molar-refractivity contribution in [1.29, 1.82) is 0 Å². The van der Waals surface area contributed by atoms with Gasteiger partial charge in [-0.2, -0.15) is 0 Å². The number of sulfonamides is 1. The van der Waals surface area contributed by atoms with Crippen molar-refractivity contribution in [3.8, 4) is 11.5 Å². The molecule has 0 aliphatic heterocycles. The molecule has 2 aromatic rings. The topological polar surface area (TPSA) is 99.2 Å². The molecule has 0 aromatic heterocycles. The molecular formula is C21H24ClNO7S. The van der Waals surface area contributed by atoms with Gasteiger partial charge in [0.1, 0.15) is 0 Å². The van der Waals surface area contributed by atoms with Crippen LogP contribution in [-0.4, -0.2) is 53.3 Å². The molecule has 0 unspecified atom stereocenters. The number of anilines is 1. The van der Waals surface area contributed by atoms with Crippen LogP contribution in [0.1, 0.15) is 34.6 Å². The van der Waals surface area contributed by atoms with Crippen LogP contribution in [0, 0.1) is 0 Å². The van der Waals surface area contributed by atoms with E-state index >= 15 is 0 Å². The quantitative estimate of drug-likeness (QED) is 0.409. The molecule has 31 heavy (non-hydrogen) atoms. The molecule has 0 fully saturated rings. The minimum atomic E-state index is -3.41. The summed E-state index contributed by atoms with van der Waals surface area (Å²) in [7, 11) is -0.585. The molecule has 0 N–H and O–H groups in total. The van der Waals surface area contributed by atoms with Crippen molar-refractivity contribution in [2.45, 2.75) is 20.0 Å². The van der Waals surface area contributed by atoms with Gasteiger partial charge in [-0.25, -0.2) is 13.2 Å². The van der Waals surface area contributed by atoms with E-state index in [0.29, 0.717) is 11.4 Å². The predicted molar refractivity (Wildman–Crippen MR) is 118 cm³/mol. The average molecular weight is 470 g/mol. The molecule has 168 valence electrons. The maximum absolute atomic E-state index is 12.4. The smallest absolute Gasteiger partial charge is 0.338 e. The number of carbonyl (C=O) groups excluding carboxylic acids is 2. The molecule has 0 amide bonds. The van der Waals surface area contributed by atoms with Crippen molar-refractivity contribution in [2.24, 2.45) is 0 Å². The minimum Gasteiger partial charge on any atom is -0.493 e. The highest BCUT2D eigenvalue weighted by atomic mass is 35.5.